The van der Waals surface area contributed by atoms with Gasteiger partial charge in [0.25, 0.3) is 0 Å². The van der Waals surface area contributed by atoms with E-state index in [0.717, 1.165) is 6.61 Å². The average Bonchev–Trinajstić information content (AvgIpc) is 1.75. The molecule has 0 bridgehead atoms. The maximum absolute atomic E-state index is 4.60. The molecule has 1 unspecified atom stereocenters. The molecule has 1 nitrogen and oxygen atoms in total. The summed E-state index contributed by atoms with van der Waals surface area (Å²) in [6.45, 7) is 4.40. The van der Waals surface area contributed by atoms with Crippen LogP contribution in [0, 0.1) is 6.92 Å². The van der Waals surface area contributed by atoms with Crippen LogP contribution in [-0.2, 0) is 37.4 Å². The molecule has 0 aliphatic carbocycles. The second-order valence-corrected chi connectivity index (χ2v) is 0.955. The van der Waals surface area contributed by atoms with Gasteiger partial charge >= 0.3 is 32.7 Å². The van der Waals surface area contributed by atoms with Gasteiger partial charge in [-0.15, -0.1) is 0 Å². The molecule has 0 aromatic carbocycles. The predicted molar refractivity (Wildman–Crippen MR) is 15.1 cm³/mol. The van der Waals surface area contributed by atoms with Gasteiger partial charge in [0.2, 0.25) is 0 Å². The van der Waals surface area contributed by atoms with Crippen molar-refractivity contribution in [2.45, 2.75) is 6.10 Å². The largest absolute Gasteiger partial charge is 3.00 e. The summed E-state index contributed by atoms with van der Waals surface area (Å²) in [7, 11) is 0. The molecule has 24 valence electrons. The fourth-order valence-corrected chi connectivity index (χ4v) is 0.0680. The fraction of sp³-hybridized carbons (Fsp3) is 0.667. The van der Waals surface area contributed by atoms with E-state index >= 15 is 0 Å². The molecule has 0 N–H and O–H groups in total. The van der Waals surface area contributed by atoms with Crippen LogP contribution in [0.5, 0.6) is 0 Å². The Morgan fingerprint density at radius 1 is 1.80 bits per heavy atom. The molecule has 1 rings (SSSR count). The van der Waals surface area contributed by atoms with Crippen LogP contribution in [0.25, 0.3) is 0 Å². The molecular formula is C3H5OY+2. The Morgan fingerprint density at radius 2 is 2.00 bits per heavy atom. The molecule has 0 aromatic heterocycles. The van der Waals surface area contributed by atoms with Crippen LogP contribution < -0.4 is 0 Å². The van der Waals surface area contributed by atoms with E-state index in [9.17, 15) is 0 Å². The zero-order chi connectivity index (χ0) is 2.99. The molecule has 2 heteroatoms. The zero-order valence-electron chi connectivity index (χ0n) is 2.98. The summed E-state index contributed by atoms with van der Waals surface area (Å²) in [6, 6.07) is 0. The number of hydrogen-bond donors (Lipinski definition) is 0. The van der Waals surface area contributed by atoms with Gasteiger partial charge < -0.3 is 11.7 Å². The van der Waals surface area contributed by atoms with Gasteiger partial charge in [-0.3, -0.25) is 0 Å². The van der Waals surface area contributed by atoms with Gasteiger partial charge in [0.15, 0.2) is 0 Å². The molecule has 1 saturated heterocycles. The van der Waals surface area contributed by atoms with Crippen LogP contribution >= 0.6 is 0 Å². The van der Waals surface area contributed by atoms with Crippen molar-refractivity contribution in [3.63, 3.8) is 0 Å². The molecule has 0 saturated carbocycles. The van der Waals surface area contributed by atoms with Crippen LogP contribution in [0.15, 0.2) is 0 Å². The number of hydrogen-bond acceptors (Lipinski definition) is 1. The maximum atomic E-state index is 4.60. The van der Waals surface area contributed by atoms with Gasteiger partial charge in [0.1, 0.15) is 0 Å². The van der Waals surface area contributed by atoms with E-state index in [1.165, 1.54) is 0 Å². The van der Waals surface area contributed by atoms with E-state index in [0.29, 0.717) is 6.10 Å². The third-order valence-corrected chi connectivity index (χ3v) is 0.402. The van der Waals surface area contributed by atoms with Crippen molar-refractivity contribution in [3.8, 4) is 0 Å². The molecule has 0 amide bonds. The summed E-state index contributed by atoms with van der Waals surface area (Å²) in [4.78, 5) is 0. The zero-order valence-corrected chi connectivity index (χ0v) is 5.82. The Hall–Kier alpha value is 1.06. The van der Waals surface area contributed by atoms with Crippen LogP contribution in [0.2, 0.25) is 0 Å². The van der Waals surface area contributed by atoms with Crippen molar-refractivity contribution >= 4 is 0 Å². The molecule has 1 fully saturated rings. The molecular weight excluding hydrogens is 141 g/mol. The van der Waals surface area contributed by atoms with Crippen LogP contribution in [0.4, 0.5) is 0 Å². The quantitative estimate of drug-likeness (QED) is 0.351. The van der Waals surface area contributed by atoms with Gasteiger partial charge in [-0.1, -0.05) is 0 Å². The van der Waals surface area contributed by atoms with E-state index in [4.69, 9.17) is 0 Å². The first kappa shape index (κ1) is 6.06. The Balaban J connectivity index is 0.000000160. The summed E-state index contributed by atoms with van der Waals surface area (Å²) >= 11 is 0. The van der Waals surface area contributed by atoms with Crippen LogP contribution in [0.1, 0.15) is 0 Å². The van der Waals surface area contributed by atoms with E-state index in [1.54, 1.807) is 0 Å². The Bertz CT molecular complexity index is 26.1. The van der Waals surface area contributed by atoms with Crippen molar-refractivity contribution in [2.24, 2.45) is 0 Å². The summed E-state index contributed by atoms with van der Waals surface area (Å²) in [5.41, 5.74) is 0. The first-order chi connectivity index (χ1) is 1.89. The first-order valence-corrected chi connectivity index (χ1v) is 1.34. The monoisotopic (exact) mass is 146 g/mol. The topological polar surface area (TPSA) is 12.5 Å². The van der Waals surface area contributed by atoms with E-state index in [1.807, 2.05) is 0 Å². The minimum absolute atomic E-state index is 0. The van der Waals surface area contributed by atoms with Crippen molar-refractivity contribution < 1.29 is 37.4 Å². The van der Waals surface area contributed by atoms with Gasteiger partial charge in [0, 0.05) is 6.61 Å². The minimum atomic E-state index is 0. The van der Waals surface area contributed by atoms with Crippen molar-refractivity contribution in [1.82, 2.24) is 0 Å². The smallest absolute Gasteiger partial charge is 0.408 e. The Labute approximate surface area is 57.0 Å². The predicted octanol–water partition coefficient (Wildman–Crippen LogP) is 0.217. The summed E-state index contributed by atoms with van der Waals surface area (Å²) in [6.07, 6.45) is 0.333. The van der Waals surface area contributed by atoms with Crippen molar-refractivity contribution in [1.29, 1.82) is 0 Å². The Kier molecular flexibility index (Phi) is 2.76. The minimum Gasteiger partial charge on any atom is -0.408 e. The number of epoxide rings is 1. The summed E-state index contributed by atoms with van der Waals surface area (Å²) < 4.78 is 4.60. The van der Waals surface area contributed by atoms with Gasteiger partial charge in [0.05, 0.1) is 0 Å². The molecule has 0 radical (unpaired) electrons. The Morgan fingerprint density at radius 3 is 2.00 bits per heavy atom. The standard InChI is InChI=1S/C3H5O.Y/c1-3-2-4-3;/h3H,1-2H2;/q-1;+3. The molecule has 1 aliphatic rings. The molecule has 1 aliphatic heterocycles. The molecule has 0 aromatic rings. The van der Waals surface area contributed by atoms with Crippen molar-refractivity contribution in [3.05, 3.63) is 6.92 Å². The SMILES string of the molecule is [CH2-]C1CO1.[Y+3]. The third-order valence-electron chi connectivity index (χ3n) is 0.402. The van der Waals surface area contributed by atoms with Crippen LogP contribution in [0.3, 0.4) is 0 Å². The van der Waals surface area contributed by atoms with Gasteiger partial charge in [-0.05, 0) is 6.10 Å². The fourth-order valence-electron chi connectivity index (χ4n) is 0.0680. The van der Waals surface area contributed by atoms with E-state index in [-0.39, 0.29) is 32.7 Å². The van der Waals surface area contributed by atoms with E-state index in [2.05, 4.69) is 11.7 Å². The molecule has 1 atom stereocenters. The molecule has 5 heavy (non-hydrogen) atoms. The van der Waals surface area contributed by atoms with Crippen molar-refractivity contribution in [2.75, 3.05) is 6.61 Å². The second-order valence-electron chi connectivity index (χ2n) is 0.955. The van der Waals surface area contributed by atoms with Crippen LogP contribution in [-0.4, -0.2) is 12.7 Å². The second kappa shape index (κ2) is 2.27. The third kappa shape index (κ3) is 2.88. The molecule has 0 spiro atoms. The number of ether oxygens (including phenoxy) is 1. The average molecular weight is 146 g/mol. The number of rotatable bonds is 0. The normalized spacial score (nSPS) is 31.8. The van der Waals surface area contributed by atoms with Gasteiger partial charge in [-0.25, -0.2) is 0 Å². The van der Waals surface area contributed by atoms with E-state index < -0.39 is 0 Å². The molecule has 1 heterocycles. The summed E-state index contributed by atoms with van der Waals surface area (Å²) in [5, 5.41) is 0. The summed E-state index contributed by atoms with van der Waals surface area (Å²) in [5.74, 6) is 0. The first-order valence-electron chi connectivity index (χ1n) is 1.34. The maximum Gasteiger partial charge on any atom is 3.00 e. The van der Waals surface area contributed by atoms with Gasteiger partial charge in [-0.2, -0.15) is 0 Å².